The highest BCUT2D eigenvalue weighted by Gasteiger charge is 2.58. The van der Waals surface area contributed by atoms with Crippen molar-refractivity contribution in [1.29, 1.82) is 0 Å². The fourth-order valence-corrected chi connectivity index (χ4v) is 2.17. The molecule has 5 heteroatoms. The monoisotopic (exact) mass is 253 g/mol. The van der Waals surface area contributed by atoms with Crippen LogP contribution >= 0.6 is 0 Å². The van der Waals surface area contributed by atoms with Crippen LogP contribution in [0.25, 0.3) is 0 Å². The van der Waals surface area contributed by atoms with Gasteiger partial charge in [-0.3, -0.25) is 9.63 Å². The summed E-state index contributed by atoms with van der Waals surface area (Å²) in [6, 6.07) is 7.18. The SMILES string of the molecule is COc1ccccc1[C@H]1[C@H](F)[C@@H]1C(=O)N(C)OC. The van der Waals surface area contributed by atoms with Crippen molar-refractivity contribution >= 4 is 5.91 Å². The lowest BCUT2D eigenvalue weighted by molar-refractivity contribution is -0.170. The number of benzene rings is 1. The number of hydroxylamine groups is 2. The number of nitrogens with zero attached hydrogens (tertiary/aromatic N) is 1. The molecule has 1 aliphatic carbocycles. The van der Waals surface area contributed by atoms with E-state index in [1.54, 1.807) is 12.1 Å². The predicted octanol–water partition coefficient (Wildman–Crippen LogP) is 1.77. The summed E-state index contributed by atoms with van der Waals surface area (Å²) in [6.07, 6.45) is -1.17. The number of hydrogen-bond acceptors (Lipinski definition) is 3. The van der Waals surface area contributed by atoms with Gasteiger partial charge in [-0.05, 0) is 6.07 Å². The van der Waals surface area contributed by atoms with Crippen molar-refractivity contribution < 1.29 is 18.8 Å². The first-order chi connectivity index (χ1) is 8.61. The van der Waals surface area contributed by atoms with Gasteiger partial charge < -0.3 is 4.74 Å². The molecule has 18 heavy (non-hydrogen) atoms. The summed E-state index contributed by atoms with van der Waals surface area (Å²) >= 11 is 0. The first kappa shape index (κ1) is 12.8. The van der Waals surface area contributed by atoms with Gasteiger partial charge in [0.25, 0.3) is 5.91 Å². The minimum atomic E-state index is -1.17. The smallest absolute Gasteiger partial charge is 0.252 e. The molecule has 1 fully saturated rings. The molecule has 2 rings (SSSR count). The van der Waals surface area contributed by atoms with E-state index in [0.29, 0.717) is 5.75 Å². The molecule has 0 radical (unpaired) electrons. The molecule has 0 unspecified atom stereocenters. The Hall–Kier alpha value is -1.62. The van der Waals surface area contributed by atoms with Crippen molar-refractivity contribution in [2.45, 2.75) is 12.1 Å². The quantitative estimate of drug-likeness (QED) is 0.768. The highest BCUT2D eigenvalue weighted by Crippen LogP contribution is 2.53. The number of alkyl halides is 1. The van der Waals surface area contributed by atoms with E-state index < -0.39 is 18.0 Å². The maximum absolute atomic E-state index is 13.8. The standard InChI is InChI=1S/C13H16FNO3/c1-15(18-3)13(16)11-10(12(11)14)8-6-4-5-7-9(8)17-2/h4-7,10-12H,1-3H3/t10-,11-,12+/m1/s1. The number of methoxy groups -OCH3 is 1. The van der Waals surface area contributed by atoms with E-state index in [9.17, 15) is 9.18 Å². The zero-order valence-electron chi connectivity index (χ0n) is 10.6. The molecular formula is C13H16FNO3. The van der Waals surface area contributed by atoms with E-state index in [1.807, 2.05) is 12.1 Å². The molecule has 0 spiro atoms. The van der Waals surface area contributed by atoms with Crippen molar-refractivity contribution in [3.05, 3.63) is 29.8 Å². The molecule has 1 aromatic rings. The highest BCUT2D eigenvalue weighted by molar-refractivity contribution is 5.83. The first-order valence-electron chi connectivity index (χ1n) is 5.70. The van der Waals surface area contributed by atoms with E-state index >= 15 is 0 Å². The molecule has 0 heterocycles. The zero-order chi connectivity index (χ0) is 13.3. The Kier molecular flexibility index (Phi) is 3.52. The first-order valence-corrected chi connectivity index (χ1v) is 5.70. The second-order valence-corrected chi connectivity index (χ2v) is 4.26. The third-order valence-electron chi connectivity index (χ3n) is 3.30. The van der Waals surface area contributed by atoms with Crippen LogP contribution in [0.2, 0.25) is 0 Å². The minimum Gasteiger partial charge on any atom is -0.496 e. The molecule has 0 aliphatic heterocycles. The molecule has 3 atom stereocenters. The minimum absolute atomic E-state index is 0.346. The van der Waals surface area contributed by atoms with Crippen LogP contribution in [-0.2, 0) is 9.63 Å². The number of carbonyl (C=O) groups is 1. The third-order valence-corrected chi connectivity index (χ3v) is 3.30. The van der Waals surface area contributed by atoms with Gasteiger partial charge in [0.05, 0.1) is 20.1 Å². The number of rotatable bonds is 4. The normalized spacial score (nSPS) is 25.7. The third kappa shape index (κ3) is 2.06. The van der Waals surface area contributed by atoms with Gasteiger partial charge in [-0.2, -0.15) is 0 Å². The van der Waals surface area contributed by atoms with Crippen LogP contribution in [0.3, 0.4) is 0 Å². The molecule has 0 saturated heterocycles. The molecule has 1 aromatic carbocycles. The van der Waals surface area contributed by atoms with Crippen LogP contribution < -0.4 is 4.74 Å². The van der Waals surface area contributed by atoms with Crippen LogP contribution in [0.5, 0.6) is 5.75 Å². The fourth-order valence-electron chi connectivity index (χ4n) is 2.17. The Bertz CT molecular complexity index is 452. The van der Waals surface area contributed by atoms with Gasteiger partial charge in [0, 0.05) is 18.5 Å². The van der Waals surface area contributed by atoms with Crippen LogP contribution in [0, 0.1) is 5.92 Å². The maximum atomic E-state index is 13.8. The lowest BCUT2D eigenvalue weighted by Crippen LogP contribution is -2.28. The van der Waals surface area contributed by atoms with Gasteiger partial charge in [-0.25, -0.2) is 9.45 Å². The number of para-hydroxylation sites is 1. The van der Waals surface area contributed by atoms with Crippen molar-refractivity contribution in [3.63, 3.8) is 0 Å². The lowest BCUT2D eigenvalue weighted by Gasteiger charge is -2.13. The Labute approximate surface area is 105 Å². The van der Waals surface area contributed by atoms with Crippen LogP contribution in [0.15, 0.2) is 24.3 Å². The zero-order valence-corrected chi connectivity index (χ0v) is 10.6. The molecule has 1 amide bonds. The van der Waals surface area contributed by atoms with Gasteiger partial charge in [0.15, 0.2) is 0 Å². The molecular weight excluding hydrogens is 237 g/mol. The molecule has 0 bridgehead atoms. The van der Waals surface area contributed by atoms with Crippen molar-refractivity contribution in [2.75, 3.05) is 21.3 Å². The second-order valence-electron chi connectivity index (χ2n) is 4.26. The van der Waals surface area contributed by atoms with Crippen molar-refractivity contribution in [3.8, 4) is 5.75 Å². The number of ether oxygens (including phenoxy) is 1. The topological polar surface area (TPSA) is 38.8 Å². The number of amides is 1. The summed E-state index contributed by atoms with van der Waals surface area (Å²) in [4.78, 5) is 16.6. The molecule has 4 nitrogen and oxygen atoms in total. The fraction of sp³-hybridized carbons (Fsp3) is 0.462. The Morgan fingerprint density at radius 2 is 2.00 bits per heavy atom. The van der Waals surface area contributed by atoms with Crippen LogP contribution in [-0.4, -0.2) is 38.4 Å². The van der Waals surface area contributed by atoms with Gasteiger partial charge in [0.1, 0.15) is 11.9 Å². The van der Waals surface area contributed by atoms with Gasteiger partial charge in [-0.15, -0.1) is 0 Å². The highest BCUT2D eigenvalue weighted by atomic mass is 19.1. The lowest BCUT2D eigenvalue weighted by atomic mass is 10.1. The molecule has 98 valence electrons. The van der Waals surface area contributed by atoms with Gasteiger partial charge >= 0.3 is 0 Å². The summed E-state index contributed by atoms with van der Waals surface area (Å²) in [5.74, 6) is -0.848. The van der Waals surface area contributed by atoms with Crippen LogP contribution in [0.1, 0.15) is 11.5 Å². The average Bonchev–Trinajstić information content (AvgIpc) is 3.08. The number of carbonyl (C=O) groups excluding carboxylic acids is 1. The summed E-state index contributed by atoms with van der Waals surface area (Å²) < 4.78 is 19.0. The van der Waals surface area contributed by atoms with Gasteiger partial charge in [0.2, 0.25) is 0 Å². The molecule has 0 aromatic heterocycles. The van der Waals surface area contributed by atoms with E-state index in [4.69, 9.17) is 9.57 Å². The number of halogens is 1. The molecule has 0 N–H and O–H groups in total. The summed E-state index contributed by atoms with van der Waals surface area (Å²) in [5, 5.41) is 1.06. The van der Waals surface area contributed by atoms with E-state index in [0.717, 1.165) is 10.6 Å². The Morgan fingerprint density at radius 1 is 1.33 bits per heavy atom. The van der Waals surface area contributed by atoms with Crippen molar-refractivity contribution in [1.82, 2.24) is 5.06 Å². The van der Waals surface area contributed by atoms with E-state index in [1.165, 1.54) is 21.3 Å². The van der Waals surface area contributed by atoms with Gasteiger partial charge in [-0.1, -0.05) is 18.2 Å². The molecule has 1 aliphatic rings. The number of hydrogen-bond donors (Lipinski definition) is 0. The largest absolute Gasteiger partial charge is 0.496 e. The summed E-state index contributed by atoms with van der Waals surface area (Å²) in [7, 11) is 4.39. The summed E-state index contributed by atoms with van der Waals surface area (Å²) in [6.45, 7) is 0. The van der Waals surface area contributed by atoms with E-state index in [2.05, 4.69) is 0 Å². The predicted molar refractivity (Wildman–Crippen MR) is 63.9 cm³/mol. The maximum Gasteiger partial charge on any atom is 0.252 e. The van der Waals surface area contributed by atoms with E-state index in [-0.39, 0.29) is 5.91 Å². The second kappa shape index (κ2) is 4.94. The molecule has 1 saturated carbocycles. The Balaban J connectivity index is 2.19. The van der Waals surface area contributed by atoms with Crippen molar-refractivity contribution in [2.24, 2.45) is 5.92 Å². The summed E-state index contributed by atoms with van der Waals surface area (Å²) in [5.41, 5.74) is 0.732. The Morgan fingerprint density at radius 3 is 2.61 bits per heavy atom. The van der Waals surface area contributed by atoms with Crippen LogP contribution in [0.4, 0.5) is 4.39 Å². The average molecular weight is 253 g/mol.